The van der Waals surface area contributed by atoms with Crippen molar-refractivity contribution < 1.29 is 4.79 Å². The van der Waals surface area contributed by atoms with Crippen molar-refractivity contribution in [3.63, 3.8) is 0 Å². The molecule has 0 unspecified atom stereocenters. The third-order valence-electron chi connectivity index (χ3n) is 3.01. The van der Waals surface area contributed by atoms with Crippen molar-refractivity contribution in [2.24, 2.45) is 0 Å². The Morgan fingerprint density at radius 2 is 1.70 bits per heavy atom. The van der Waals surface area contributed by atoms with Crippen LogP contribution in [0.15, 0.2) is 53.0 Å². The van der Waals surface area contributed by atoms with E-state index in [0.717, 1.165) is 22.0 Å². The number of halogens is 2. The van der Waals surface area contributed by atoms with Crippen LogP contribution in [-0.4, -0.2) is 5.91 Å². The van der Waals surface area contributed by atoms with Crippen LogP contribution in [-0.2, 0) is 17.8 Å². The van der Waals surface area contributed by atoms with Gasteiger partial charge in [-0.25, -0.2) is 0 Å². The average molecular weight is 353 g/mol. The molecule has 0 fully saturated rings. The molecule has 0 saturated heterocycles. The average Bonchev–Trinajstić information content (AvgIpc) is 2.45. The zero-order chi connectivity index (χ0) is 14.4. The topological polar surface area (TPSA) is 29.1 Å². The normalized spacial score (nSPS) is 10.3. The van der Waals surface area contributed by atoms with Crippen molar-refractivity contribution in [3.8, 4) is 0 Å². The van der Waals surface area contributed by atoms with Gasteiger partial charge in [0.15, 0.2) is 0 Å². The maximum Gasteiger partial charge on any atom is 0.220 e. The second kappa shape index (κ2) is 7.46. The van der Waals surface area contributed by atoms with E-state index >= 15 is 0 Å². The SMILES string of the molecule is O=C(CCc1ccccc1Br)NCc1ccccc1Cl. The highest BCUT2D eigenvalue weighted by atomic mass is 79.9. The third kappa shape index (κ3) is 4.36. The van der Waals surface area contributed by atoms with Crippen LogP contribution in [0.2, 0.25) is 5.02 Å². The minimum absolute atomic E-state index is 0.0284. The molecule has 0 atom stereocenters. The standard InChI is InChI=1S/C16H15BrClNO/c17-14-7-3-1-5-12(14)9-10-16(20)19-11-13-6-2-4-8-15(13)18/h1-8H,9-11H2,(H,19,20). The van der Waals surface area contributed by atoms with Gasteiger partial charge in [-0.1, -0.05) is 63.9 Å². The van der Waals surface area contributed by atoms with Crippen molar-refractivity contribution in [2.75, 3.05) is 0 Å². The molecule has 0 radical (unpaired) electrons. The van der Waals surface area contributed by atoms with E-state index in [2.05, 4.69) is 21.2 Å². The molecule has 0 aliphatic rings. The molecule has 0 spiro atoms. The first-order valence-corrected chi connectivity index (χ1v) is 7.57. The molecule has 20 heavy (non-hydrogen) atoms. The maximum atomic E-state index is 11.8. The Morgan fingerprint density at radius 1 is 1.05 bits per heavy atom. The number of hydrogen-bond donors (Lipinski definition) is 1. The number of aryl methyl sites for hydroxylation is 1. The smallest absolute Gasteiger partial charge is 0.220 e. The summed E-state index contributed by atoms with van der Waals surface area (Å²) in [4.78, 5) is 11.8. The van der Waals surface area contributed by atoms with Crippen LogP contribution in [0.25, 0.3) is 0 Å². The van der Waals surface area contributed by atoms with Gasteiger partial charge in [0, 0.05) is 22.5 Å². The van der Waals surface area contributed by atoms with Gasteiger partial charge in [-0.3, -0.25) is 4.79 Å². The molecule has 0 aromatic heterocycles. The molecule has 4 heteroatoms. The molecule has 0 aliphatic carbocycles. The van der Waals surface area contributed by atoms with E-state index in [1.54, 1.807) is 0 Å². The monoisotopic (exact) mass is 351 g/mol. The number of amides is 1. The van der Waals surface area contributed by atoms with E-state index < -0.39 is 0 Å². The maximum absolute atomic E-state index is 11.8. The molecule has 0 heterocycles. The first-order valence-electron chi connectivity index (χ1n) is 6.40. The highest BCUT2D eigenvalue weighted by Gasteiger charge is 2.05. The quantitative estimate of drug-likeness (QED) is 0.851. The van der Waals surface area contributed by atoms with Crippen LogP contribution < -0.4 is 5.32 Å². The van der Waals surface area contributed by atoms with E-state index in [4.69, 9.17) is 11.6 Å². The number of carbonyl (C=O) groups is 1. The summed E-state index contributed by atoms with van der Waals surface area (Å²) >= 11 is 9.53. The Balaban J connectivity index is 1.82. The fourth-order valence-electron chi connectivity index (χ4n) is 1.87. The molecule has 104 valence electrons. The summed E-state index contributed by atoms with van der Waals surface area (Å²) in [6.45, 7) is 0.467. The molecule has 0 aliphatic heterocycles. The van der Waals surface area contributed by atoms with Gasteiger partial charge in [0.2, 0.25) is 5.91 Å². The first kappa shape index (κ1) is 15.1. The Kier molecular flexibility index (Phi) is 5.62. The minimum atomic E-state index is 0.0284. The molecular weight excluding hydrogens is 338 g/mol. The fraction of sp³-hybridized carbons (Fsp3) is 0.188. The molecule has 1 amide bonds. The third-order valence-corrected chi connectivity index (χ3v) is 4.16. The molecule has 2 aromatic rings. The van der Waals surface area contributed by atoms with Crippen LogP contribution in [0.4, 0.5) is 0 Å². The molecule has 0 bridgehead atoms. The number of benzene rings is 2. The number of hydrogen-bond acceptors (Lipinski definition) is 1. The van der Waals surface area contributed by atoms with Crippen LogP contribution in [0, 0.1) is 0 Å². The molecule has 1 N–H and O–H groups in total. The summed E-state index contributed by atoms with van der Waals surface area (Å²) in [5.41, 5.74) is 2.07. The van der Waals surface area contributed by atoms with Gasteiger partial charge in [-0.15, -0.1) is 0 Å². The largest absolute Gasteiger partial charge is 0.352 e. The van der Waals surface area contributed by atoms with Crippen molar-refractivity contribution in [1.29, 1.82) is 0 Å². The summed E-state index contributed by atoms with van der Waals surface area (Å²) < 4.78 is 1.04. The highest BCUT2D eigenvalue weighted by molar-refractivity contribution is 9.10. The molecule has 2 rings (SSSR count). The van der Waals surface area contributed by atoms with Crippen LogP contribution in [0.3, 0.4) is 0 Å². The second-order valence-electron chi connectivity index (χ2n) is 4.46. The Bertz CT molecular complexity index is 549. The molecular formula is C16H15BrClNO. The highest BCUT2D eigenvalue weighted by Crippen LogP contribution is 2.17. The van der Waals surface area contributed by atoms with Crippen LogP contribution in [0.5, 0.6) is 0 Å². The van der Waals surface area contributed by atoms with Gasteiger partial charge in [0.25, 0.3) is 0 Å². The lowest BCUT2D eigenvalue weighted by atomic mass is 10.1. The van der Waals surface area contributed by atoms with E-state index in [9.17, 15) is 4.79 Å². The summed E-state index contributed by atoms with van der Waals surface area (Å²) in [5, 5.41) is 3.57. The van der Waals surface area contributed by atoms with E-state index in [-0.39, 0.29) is 5.91 Å². The summed E-state index contributed by atoms with van der Waals surface area (Å²) in [5.74, 6) is 0.0284. The predicted molar refractivity (Wildman–Crippen MR) is 85.8 cm³/mol. The van der Waals surface area contributed by atoms with Crippen LogP contribution in [0.1, 0.15) is 17.5 Å². The van der Waals surface area contributed by atoms with Gasteiger partial charge in [-0.05, 0) is 29.7 Å². The minimum Gasteiger partial charge on any atom is -0.352 e. The van der Waals surface area contributed by atoms with Gasteiger partial charge < -0.3 is 5.32 Å². The molecule has 2 nitrogen and oxygen atoms in total. The fourth-order valence-corrected chi connectivity index (χ4v) is 2.56. The Hall–Kier alpha value is -1.32. The van der Waals surface area contributed by atoms with Crippen molar-refractivity contribution in [1.82, 2.24) is 5.32 Å². The van der Waals surface area contributed by atoms with Crippen molar-refractivity contribution >= 4 is 33.4 Å². The summed E-state index contributed by atoms with van der Waals surface area (Å²) in [6.07, 6.45) is 1.18. The number of carbonyl (C=O) groups excluding carboxylic acids is 1. The number of rotatable bonds is 5. The summed E-state index contributed by atoms with van der Waals surface area (Å²) in [7, 11) is 0. The van der Waals surface area contributed by atoms with Gasteiger partial charge in [0.05, 0.1) is 0 Å². The van der Waals surface area contributed by atoms with Crippen LogP contribution >= 0.6 is 27.5 Å². The lowest BCUT2D eigenvalue weighted by molar-refractivity contribution is -0.121. The van der Waals surface area contributed by atoms with E-state index in [0.29, 0.717) is 18.0 Å². The first-order chi connectivity index (χ1) is 9.66. The Labute approximate surface area is 132 Å². The van der Waals surface area contributed by atoms with Gasteiger partial charge >= 0.3 is 0 Å². The summed E-state index contributed by atoms with van der Waals surface area (Å²) in [6, 6.07) is 15.5. The van der Waals surface area contributed by atoms with Gasteiger partial charge in [0.1, 0.15) is 0 Å². The van der Waals surface area contributed by atoms with Crippen molar-refractivity contribution in [2.45, 2.75) is 19.4 Å². The van der Waals surface area contributed by atoms with E-state index in [1.165, 1.54) is 0 Å². The second-order valence-corrected chi connectivity index (χ2v) is 5.72. The number of nitrogens with one attached hydrogen (secondary N) is 1. The lowest BCUT2D eigenvalue weighted by Crippen LogP contribution is -2.23. The molecule has 2 aromatic carbocycles. The lowest BCUT2D eigenvalue weighted by Gasteiger charge is -2.07. The van der Waals surface area contributed by atoms with Crippen molar-refractivity contribution in [3.05, 3.63) is 69.2 Å². The zero-order valence-electron chi connectivity index (χ0n) is 10.9. The van der Waals surface area contributed by atoms with Gasteiger partial charge in [-0.2, -0.15) is 0 Å². The predicted octanol–water partition coefficient (Wildman–Crippen LogP) is 4.35. The zero-order valence-corrected chi connectivity index (χ0v) is 13.2. The molecule has 0 saturated carbocycles. The Morgan fingerprint density at radius 3 is 2.40 bits per heavy atom. The van der Waals surface area contributed by atoms with E-state index in [1.807, 2.05) is 48.5 Å².